The molecular formula is C25H33ClN8O3S2. The highest BCUT2D eigenvalue weighted by Gasteiger charge is 2.26. The van der Waals surface area contributed by atoms with E-state index in [1.54, 1.807) is 41.1 Å². The van der Waals surface area contributed by atoms with Gasteiger partial charge < -0.3 is 27.4 Å². The molecular weight excluding hydrogens is 560 g/mol. The second-order valence-electron chi connectivity index (χ2n) is 9.04. The van der Waals surface area contributed by atoms with Gasteiger partial charge in [0.25, 0.3) is 0 Å². The number of aromatic nitrogens is 2. The number of halogens is 1. The first-order valence-corrected chi connectivity index (χ1v) is 14.7. The van der Waals surface area contributed by atoms with Crippen molar-refractivity contribution in [2.45, 2.75) is 53.2 Å². The lowest BCUT2D eigenvalue weighted by atomic mass is 10.2. The Morgan fingerprint density at radius 3 is 2.41 bits per heavy atom. The second-order valence-corrected chi connectivity index (χ2v) is 11.7. The Bertz CT molecular complexity index is 1460. The van der Waals surface area contributed by atoms with E-state index in [9.17, 15) is 13.7 Å². The van der Waals surface area contributed by atoms with Crippen LogP contribution < -0.4 is 36.8 Å². The predicted molar refractivity (Wildman–Crippen MR) is 151 cm³/mol. The molecule has 3 rings (SSSR count). The standard InChI is InChI=1S/C25H32N8O3S2.ClH/c1-8-32-24(37-25(30-32)33(16(2)3)17(4)5)29-28-20-14-23(36-6)22(13-21(20)31-38(7,34)35)27-19-11-9-10-18(12-19)15-26;/h9-14,16-17H,8H2,1-7H3,(H,27,31);1H. The van der Waals surface area contributed by atoms with Crippen molar-refractivity contribution < 1.29 is 30.2 Å². The molecule has 0 bridgehead atoms. The number of hydrogen-bond donors (Lipinski definition) is 2. The number of hydrogen-bond acceptors (Lipinski definition) is 10. The largest absolute Gasteiger partial charge is 1.00 e. The van der Waals surface area contributed by atoms with Crippen molar-refractivity contribution in [3.63, 3.8) is 0 Å². The Hall–Kier alpha value is -3.47. The highest BCUT2D eigenvalue weighted by atomic mass is 35.5. The average molecular weight is 593 g/mol. The maximum Gasteiger partial charge on any atom is 0.432 e. The first-order chi connectivity index (χ1) is 17.9. The second kappa shape index (κ2) is 13.5. The lowest BCUT2D eigenvalue weighted by Gasteiger charge is -2.29. The summed E-state index contributed by atoms with van der Waals surface area (Å²) in [5.74, 6) is 0.416. The first-order valence-electron chi connectivity index (χ1n) is 12.0. The molecule has 210 valence electrons. The van der Waals surface area contributed by atoms with Gasteiger partial charge in [-0.2, -0.15) is 5.26 Å². The molecule has 2 N–H and O–H groups in total. The normalized spacial score (nSPS) is 11.4. The molecule has 0 fully saturated rings. The van der Waals surface area contributed by atoms with Crippen molar-refractivity contribution in [3.05, 3.63) is 42.0 Å². The van der Waals surface area contributed by atoms with Crippen LogP contribution in [0.3, 0.4) is 0 Å². The Kier molecular flexibility index (Phi) is 11.0. The van der Waals surface area contributed by atoms with Crippen LogP contribution in [0.15, 0.2) is 46.6 Å². The quantitative estimate of drug-likeness (QED) is 0.258. The fourth-order valence-corrected chi connectivity index (χ4v) is 5.59. The topological polar surface area (TPSA) is 136 Å². The molecule has 3 aromatic rings. The van der Waals surface area contributed by atoms with Gasteiger partial charge in [0.2, 0.25) is 15.2 Å². The molecule has 0 atom stereocenters. The SMILES string of the molecule is CC[n+]1nc(N(C(C)C)C(C)C)sc1N=Nc1cc(OC)c(Nc2cccc(C#N)c2)cc1NS(C)(=O)=O.[Cl-]. The third-order valence-corrected chi connectivity index (χ3v) is 6.91. The first kappa shape index (κ1) is 31.7. The van der Waals surface area contributed by atoms with Crippen LogP contribution in [0.4, 0.5) is 33.0 Å². The van der Waals surface area contributed by atoms with E-state index in [1.807, 2.05) is 6.92 Å². The van der Waals surface area contributed by atoms with E-state index in [-0.39, 0.29) is 35.9 Å². The zero-order valence-electron chi connectivity index (χ0n) is 22.9. The Balaban J connectivity index is 0.00000533. The molecule has 14 heteroatoms. The third kappa shape index (κ3) is 8.26. The highest BCUT2D eigenvalue weighted by molar-refractivity contribution is 7.92. The lowest BCUT2D eigenvalue weighted by molar-refractivity contribution is -0.733. The molecule has 0 amide bonds. The molecule has 1 heterocycles. The molecule has 0 aliphatic rings. The van der Waals surface area contributed by atoms with Gasteiger partial charge in [0, 0.05) is 23.8 Å². The Morgan fingerprint density at radius 2 is 1.85 bits per heavy atom. The Morgan fingerprint density at radius 1 is 1.15 bits per heavy atom. The van der Waals surface area contributed by atoms with Crippen molar-refractivity contribution in [2.24, 2.45) is 10.2 Å². The molecule has 0 saturated heterocycles. The zero-order valence-corrected chi connectivity index (χ0v) is 25.3. The monoisotopic (exact) mass is 592 g/mol. The van der Waals surface area contributed by atoms with Crippen LogP contribution >= 0.6 is 11.3 Å². The van der Waals surface area contributed by atoms with Crippen LogP contribution in [0.5, 0.6) is 5.75 Å². The summed E-state index contributed by atoms with van der Waals surface area (Å²) in [7, 11) is -2.12. The number of nitriles is 1. The maximum absolute atomic E-state index is 12.2. The molecule has 0 spiro atoms. The minimum atomic E-state index is -3.63. The summed E-state index contributed by atoms with van der Waals surface area (Å²) in [4.78, 5) is 2.21. The average Bonchev–Trinajstić information content (AvgIpc) is 3.24. The number of nitrogens with zero attached hydrogens (tertiary/aromatic N) is 6. The molecule has 0 radical (unpaired) electrons. The van der Waals surface area contributed by atoms with Crippen LogP contribution in [-0.4, -0.2) is 39.0 Å². The van der Waals surface area contributed by atoms with Crippen LogP contribution in [0, 0.1) is 11.3 Å². The summed E-state index contributed by atoms with van der Waals surface area (Å²) < 4.78 is 34.1. The van der Waals surface area contributed by atoms with Gasteiger partial charge in [0.15, 0.2) is 0 Å². The number of azo groups is 1. The number of sulfonamides is 1. The number of benzene rings is 2. The van der Waals surface area contributed by atoms with E-state index in [0.29, 0.717) is 34.4 Å². The minimum absolute atomic E-state index is 0. The molecule has 0 aliphatic heterocycles. The van der Waals surface area contributed by atoms with Gasteiger partial charge in [-0.15, -0.1) is 4.68 Å². The van der Waals surface area contributed by atoms with E-state index in [1.165, 1.54) is 18.4 Å². The van der Waals surface area contributed by atoms with Gasteiger partial charge in [-0.1, -0.05) is 11.2 Å². The van der Waals surface area contributed by atoms with Gasteiger partial charge >= 0.3 is 5.13 Å². The van der Waals surface area contributed by atoms with E-state index in [2.05, 4.69) is 58.9 Å². The third-order valence-electron chi connectivity index (χ3n) is 5.37. The van der Waals surface area contributed by atoms with Crippen molar-refractivity contribution in [3.8, 4) is 11.8 Å². The number of rotatable bonds is 11. The van der Waals surface area contributed by atoms with Gasteiger partial charge in [-0.25, -0.2) is 8.42 Å². The summed E-state index contributed by atoms with van der Waals surface area (Å²) in [6.45, 7) is 11.0. The van der Waals surface area contributed by atoms with Crippen molar-refractivity contribution in [2.75, 3.05) is 28.3 Å². The maximum atomic E-state index is 12.2. The van der Waals surface area contributed by atoms with Gasteiger partial charge in [0.1, 0.15) is 18.0 Å². The van der Waals surface area contributed by atoms with Gasteiger partial charge in [0.05, 0.1) is 41.5 Å². The molecule has 0 unspecified atom stereocenters. The minimum Gasteiger partial charge on any atom is -1.00 e. The van der Waals surface area contributed by atoms with Crippen LogP contribution in [-0.2, 0) is 16.6 Å². The molecule has 2 aromatic carbocycles. The summed E-state index contributed by atoms with van der Waals surface area (Å²) in [6, 6.07) is 12.7. The summed E-state index contributed by atoms with van der Waals surface area (Å²) in [5, 5.41) is 27.3. The highest BCUT2D eigenvalue weighted by Crippen LogP contribution is 2.39. The number of ether oxygens (including phenoxy) is 1. The van der Waals surface area contributed by atoms with E-state index < -0.39 is 10.0 Å². The van der Waals surface area contributed by atoms with E-state index in [0.717, 1.165) is 11.4 Å². The molecule has 0 saturated carbocycles. The van der Waals surface area contributed by atoms with Crippen LogP contribution in [0.1, 0.15) is 40.2 Å². The van der Waals surface area contributed by atoms with E-state index >= 15 is 0 Å². The number of aryl methyl sites for hydroxylation is 1. The van der Waals surface area contributed by atoms with Crippen molar-refractivity contribution >= 4 is 54.4 Å². The smallest absolute Gasteiger partial charge is 0.432 e. The lowest BCUT2D eigenvalue weighted by Crippen LogP contribution is -3.00. The summed E-state index contributed by atoms with van der Waals surface area (Å²) in [6.07, 6.45) is 1.06. The number of methoxy groups -OCH3 is 1. The fourth-order valence-electron chi connectivity index (χ4n) is 3.84. The van der Waals surface area contributed by atoms with E-state index in [4.69, 9.17) is 9.84 Å². The predicted octanol–water partition coefficient (Wildman–Crippen LogP) is 2.49. The van der Waals surface area contributed by atoms with Crippen molar-refractivity contribution in [1.82, 2.24) is 5.10 Å². The number of nitrogens with one attached hydrogen (secondary N) is 2. The van der Waals surface area contributed by atoms with Crippen LogP contribution in [0.25, 0.3) is 0 Å². The number of anilines is 4. The zero-order chi connectivity index (χ0) is 28.0. The molecule has 0 aliphatic carbocycles. The molecule has 39 heavy (non-hydrogen) atoms. The summed E-state index contributed by atoms with van der Waals surface area (Å²) >= 11 is 1.41. The molecule has 11 nitrogen and oxygen atoms in total. The molecule has 1 aromatic heterocycles. The van der Waals surface area contributed by atoms with Crippen molar-refractivity contribution in [1.29, 1.82) is 5.26 Å². The van der Waals surface area contributed by atoms with Gasteiger partial charge in [-0.3, -0.25) is 4.72 Å². The summed E-state index contributed by atoms with van der Waals surface area (Å²) in [5.41, 5.74) is 2.10. The fraction of sp³-hybridized carbons (Fsp3) is 0.400. The Labute approximate surface area is 240 Å². The van der Waals surface area contributed by atoms with Crippen LogP contribution in [0.2, 0.25) is 0 Å². The van der Waals surface area contributed by atoms with Gasteiger partial charge in [-0.05, 0) is 75.3 Å².